The molecule has 6 heteroatoms. The van der Waals surface area contributed by atoms with Crippen molar-refractivity contribution in [3.05, 3.63) is 56.4 Å². The van der Waals surface area contributed by atoms with Crippen LogP contribution in [0.15, 0.2) is 29.3 Å². The van der Waals surface area contributed by atoms with E-state index in [-0.39, 0.29) is 18.0 Å². The molecule has 0 radical (unpaired) electrons. The molecule has 0 aliphatic carbocycles. The number of nitrogens with one attached hydrogen (secondary N) is 1. The molecule has 0 aliphatic heterocycles. The predicted octanol–water partition coefficient (Wildman–Crippen LogP) is 3.58. The lowest BCUT2D eigenvalue weighted by atomic mass is 10.1. The van der Waals surface area contributed by atoms with E-state index in [4.69, 9.17) is 0 Å². The number of fused-ring (bicyclic) bond motifs is 1. The molecule has 0 spiro atoms. The SMILES string of the molecule is CCc1cccc(C)c1NC(=O)Cn1cnc2sc(C)c(C)c2c1=O. The molecule has 1 aromatic carbocycles. The van der Waals surface area contributed by atoms with Gasteiger partial charge in [0.15, 0.2) is 0 Å². The Morgan fingerprint density at radius 3 is 2.76 bits per heavy atom. The first kappa shape index (κ1) is 17.4. The highest BCUT2D eigenvalue weighted by atomic mass is 32.1. The number of carbonyl (C=O) groups excluding carboxylic acids is 1. The number of hydrogen-bond donors (Lipinski definition) is 1. The van der Waals surface area contributed by atoms with Crippen LogP contribution in [-0.2, 0) is 17.8 Å². The third-order valence-electron chi connectivity index (χ3n) is 4.47. The number of amides is 1. The first-order valence-electron chi connectivity index (χ1n) is 8.25. The zero-order valence-electron chi connectivity index (χ0n) is 14.8. The van der Waals surface area contributed by atoms with Crippen molar-refractivity contribution in [3.63, 3.8) is 0 Å². The highest BCUT2D eigenvalue weighted by Gasteiger charge is 2.14. The Kier molecular flexibility index (Phi) is 4.72. The summed E-state index contributed by atoms with van der Waals surface area (Å²) in [5.41, 5.74) is 3.71. The molecule has 0 saturated heterocycles. The van der Waals surface area contributed by atoms with Gasteiger partial charge in [-0.25, -0.2) is 4.98 Å². The first-order valence-corrected chi connectivity index (χ1v) is 9.07. The van der Waals surface area contributed by atoms with Gasteiger partial charge in [-0.3, -0.25) is 14.2 Å². The molecule has 3 rings (SSSR count). The smallest absolute Gasteiger partial charge is 0.262 e. The molecule has 130 valence electrons. The van der Waals surface area contributed by atoms with E-state index in [0.717, 1.165) is 38.5 Å². The van der Waals surface area contributed by atoms with Gasteiger partial charge in [0.25, 0.3) is 5.56 Å². The van der Waals surface area contributed by atoms with Crippen LogP contribution in [0.25, 0.3) is 10.2 Å². The number of para-hydroxylation sites is 1. The van der Waals surface area contributed by atoms with Crippen molar-refractivity contribution < 1.29 is 4.79 Å². The molecular formula is C19H21N3O2S. The third-order valence-corrected chi connectivity index (χ3v) is 5.59. The van der Waals surface area contributed by atoms with Gasteiger partial charge >= 0.3 is 0 Å². The molecule has 25 heavy (non-hydrogen) atoms. The Morgan fingerprint density at radius 2 is 2.04 bits per heavy atom. The number of hydrogen-bond acceptors (Lipinski definition) is 4. The fraction of sp³-hybridized carbons (Fsp3) is 0.316. The Hall–Kier alpha value is -2.47. The second-order valence-corrected chi connectivity index (χ2v) is 7.35. The number of rotatable bonds is 4. The van der Waals surface area contributed by atoms with E-state index >= 15 is 0 Å². The monoisotopic (exact) mass is 355 g/mol. The summed E-state index contributed by atoms with van der Waals surface area (Å²) in [6.45, 7) is 7.86. The van der Waals surface area contributed by atoms with Crippen LogP contribution in [0.5, 0.6) is 0 Å². The van der Waals surface area contributed by atoms with Crippen LogP contribution < -0.4 is 10.9 Å². The quantitative estimate of drug-likeness (QED) is 0.778. The molecule has 0 saturated carbocycles. The first-order chi connectivity index (χ1) is 11.9. The molecule has 0 aliphatic rings. The normalized spacial score (nSPS) is 11.0. The largest absolute Gasteiger partial charge is 0.324 e. The maximum absolute atomic E-state index is 12.7. The fourth-order valence-corrected chi connectivity index (χ4v) is 3.91. The van der Waals surface area contributed by atoms with Gasteiger partial charge < -0.3 is 5.32 Å². The standard InChI is InChI=1S/C19H21N3O2S/c1-5-14-8-6-7-11(2)17(14)21-15(23)9-22-10-20-18-16(19(22)24)12(3)13(4)25-18/h6-8,10H,5,9H2,1-4H3,(H,21,23). The van der Waals surface area contributed by atoms with Gasteiger partial charge in [-0.2, -0.15) is 0 Å². The number of thiophene rings is 1. The van der Waals surface area contributed by atoms with Gasteiger partial charge in [0.1, 0.15) is 11.4 Å². The van der Waals surface area contributed by atoms with Gasteiger partial charge in [-0.1, -0.05) is 25.1 Å². The number of aromatic nitrogens is 2. The predicted molar refractivity (Wildman–Crippen MR) is 103 cm³/mol. The number of aryl methyl sites for hydroxylation is 4. The summed E-state index contributed by atoms with van der Waals surface area (Å²) in [7, 11) is 0. The van der Waals surface area contributed by atoms with Crippen molar-refractivity contribution in [2.24, 2.45) is 0 Å². The zero-order chi connectivity index (χ0) is 18.1. The van der Waals surface area contributed by atoms with Gasteiger partial charge in [0.05, 0.1) is 11.7 Å². The van der Waals surface area contributed by atoms with Gasteiger partial charge in [0, 0.05) is 10.6 Å². The van der Waals surface area contributed by atoms with E-state index in [1.807, 2.05) is 39.0 Å². The van der Waals surface area contributed by atoms with E-state index in [2.05, 4.69) is 17.2 Å². The minimum Gasteiger partial charge on any atom is -0.324 e. The molecule has 0 atom stereocenters. The van der Waals surface area contributed by atoms with Crippen LogP contribution in [0.3, 0.4) is 0 Å². The van der Waals surface area contributed by atoms with Crippen LogP contribution in [0, 0.1) is 20.8 Å². The fourth-order valence-electron chi connectivity index (χ4n) is 2.92. The highest BCUT2D eigenvalue weighted by molar-refractivity contribution is 7.18. The lowest BCUT2D eigenvalue weighted by molar-refractivity contribution is -0.116. The van der Waals surface area contributed by atoms with Crippen LogP contribution >= 0.6 is 11.3 Å². The second-order valence-electron chi connectivity index (χ2n) is 6.15. The Labute approximate surface area is 150 Å². The van der Waals surface area contributed by atoms with Crippen LogP contribution in [0.4, 0.5) is 5.69 Å². The maximum Gasteiger partial charge on any atom is 0.262 e. The molecule has 3 aromatic rings. The summed E-state index contributed by atoms with van der Waals surface area (Å²) in [4.78, 5) is 31.3. The van der Waals surface area contributed by atoms with Crippen molar-refractivity contribution >= 4 is 33.1 Å². The molecule has 5 nitrogen and oxygen atoms in total. The lowest BCUT2D eigenvalue weighted by Crippen LogP contribution is -2.28. The summed E-state index contributed by atoms with van der Waals surface area (Å²) in [5, 5.41) is 3.56. The van der Waals surface area contributed by atoms with Crippen molar-refractivity contribution in [3.8, 4) is 0 Å². The lowest BCUT2D eigenvalue weighted by Gasteiger charge is -2.13. The molecule has 0 bridgehead atoms. The summed E-state index contributed by atoms with van der Waals surface area (Å²) in [6.07, 6.45) is 2.29. The maximum atomic E-state index is 12.7. The summed E-state index contributed by atoms with van der Waals surface area (Å²) in [6, 6.07) is 5.94. The Morgan fingerprint density at radius 1 is 1.28 bits per heavy atom. The number of carbonyl (C=O) groups is 1. The third kappa shape index (κ3) is 3.22. The van der Waals surface area contributed by atoms with Crippen molar-refractivity contribution in [2.45, 2.75) is 40.7 Å². The van der Waals surface area contributed by atoms with E-state index in [0.29, 0.717) is 5.39 Å². The minimum atomic E-state index is -0.225. The van der Waals surface area contributed by atoms with E-state index in [1.165, 1.54) is 22.2 Å². The second kappa shape index (κ2) is 6.80. The van der Waals surface area contributed by atoms with Gasteiger partial charge in [-0.05, 0) is 43.9 Å². The van der Waals surface area contributed by atoms with Gasteiger partial charge in [-0.15, -0.1) is 11.3 Å². The molecule has 0 fully saturated rings. The number of anilines is 1. The summed E-state index contributed by atoms with van der Waals surface area (Å²) in [5.74, 6) is -0.225. The molecule has 2 heterocycles. The number of benzene rings is 1. The topological polar surface area (TPSA) is 64.0 Å². The summed E-state index contributed by atoms with van der Waals surface area (Å²) < 4.78 is 1.38. The van der Waals surface area contributed by atoms with Gasteiger partial charge in [0.2, 0.25) is 5.91 Å². The number of nitrogens with zero attached hydrogens (tertiary/aromatic N) is 2. The molecule has 1 N–H and O–H groups in total. The molecule has 2 aromatic heterocycles. The van der Waals surface area contributed by atoms with E-state index in [9.17, 15) is 9.59 Å². The van der Waals surface area contributed by atoms with Crippen molar-refractivity contribution in [1.29, 1.82) is 0 Å². The molecule has 0 unspecified atom stereocenters. The molecule has 1 amide bonds. The summed E-state index contributed by atoms with van der Waals surface area (Å²) >= 11 is 1.51. The average Bonchev–Trinajstić information content (AvgIpc) is 2.87. The minimum absolute atomic E-state index is 0.0480. The Balaban J connectivity index is 1.90. The van der Waals surface area contributed by atoms with Crippen molar-refractivity contribution in [2.75, 3.05) is 5.32 Å². The van der Waals surface area contributed by atoms with Crippen LogP contribution in [-0.4, -0.2) is 15.5 Å². The van der Waals surface area contributed by atoms with Crippen LogP contribution in [0.1, 0.15) is 28.5 Å². The molecular weight excluding hydrogens is 334 g/mol. The van der Waals surface area contributed by atoms with E-state index < -0.39 is 0 Å². The zero-order valence-corrected chi connectivity index (χ0v) is 15.7. The Bertz CT molecular complexity index is 1020. The van der Waals surface area contributed by atoms with Crippen molar-refractivity contribution in [1.82, 2.24) is 9.55 Å². The van der Waals surface area contributed by atoms with E-state index in [1.54, 1.807) is 0 Å². The highest BCUT2D eigenvalue weighted by Crippen LogP contribution is 2.25. The van der Waals surface area contributed by atoms with Crippen LogP contribution in [0.2, 0.25) is 0 Å². The average molecular weight is 355 g/mol.